The van der Waals surface area contributed by atoms with Gasteiger partial charge < -0.3 is 4.74 Å². The van der Waals surface area contributed by atoms with Crippen LogP contribution in [-0.2, 0) is 12.3 Å². The number of halogens is 2. The molecule has 7 heteroatoms. The molecule has 0 bridgehead atoms. The lowest BCUT2D eigenvalue weighted by molar-refractivity contribution is 0.414. The summed E-state index contributed by atoms with van der Waals surface area (Å²) in [5, 5.41) is 1.03. The summed E-state index contributed by atoms with van der Waals surface area (Å²) in [6, 6.07) is 18.4. The van der Waals surface area contributed by atoms with E-state index < -0.39 is 11.6 Å². The SMILES string of the molecule is COc1cccc(Cn2c(SCc3ccc(F)c(F)c3)nc3ccccc3c2=O)c1. The van der Waals surface area contributed by atoms with Crippen LogP contribution in [0, 0.1) is 11.6 Å². The van der Waals surface area contributed by atoms with Crippen molar-refractivity contribution in [3.05, 3.63) is 99.8 Å². The molecule has 0 aliphatic carbocycles. The molecule has 0 aliphatic rings. The van der Waals surface area contributed by atoms with Gasteiger partial charge in [0, 0.05) is 5.75 Å². The molecule has 0 saturated heterocycles. The predicted octanol–water partition coefficient (Wildman–Crippen LogP) is 5.02. The van der Waals surface area contributed by atoms with E-state index in [9.17, 15) is 13.6 Å². The van der Waals surface area contributed by atoms with Crippen molar-refractivity contribution >= 4 is 22.7 Å². The molecule has 4 aromatic rings. The molecule has 4 rings (SSSR count). The van der Waals surface area contributed by atoms with Crippen LogP contribution in [-0.4, -0.2) is 16.7 Å². The van der Waals surface area contributed by atoms with Gasteiger partial charge in [-0.1, -0.05) is 42.1 Å². The fraction of sp³-hybridized carbons (Fsp3) is 0.130. The molecule has 0 unspecified atom stereocenters. The normalized spacial score (nSPS) is 11.0. The number of ether oxygens (including phenoxy) is 1. The fourth-order valence-electron chi connectivity index (χ4n) is 3.13. The predicted molar refractivity (Wildman–Crippen MR) is 114 cm³/mol. The molecule has 0 N–H and O–H groups in total. The highest BCUT2D eigenvalue weighted by molar-refractivity contribution is 7.98. The molecule has 3 aromatic carbocycles. The molecular weight excluding hydrogens is 406 g/mol. The minimum atomic E-state index is -0.895. The van der Waals surface area contributed by atoms with Gasteiger partial charge in [0.2, 0.25) is 0 Å². The van der Waals surface area contributed by atoms with E-state index in [2.05, 4.69) is 4.98 Å². The van der Waals surface area contributed by atoms with E-state index in [-0.39, 0.29) is 5.56 Å². The van der Waals surface area contributed by atoms with Gasteiger partial charge in [-0.05, 0) is 47.5 Å². The lowest BCUT2D eigenvalue weighted by Gasteiger charge is -2.14. The first kappa shape index (κ1) is 20.1. The molecule has 0 spiro atoms. The monoisotopic (exact) mass is 424 g/mol. The molecular formula is C23H18F2N2O2S. The molecule has 0 radical (unpaired) electrons. The lowest BCUT2D eigenvalue weighted by Crippen LogP contribution is -2.24. The summed E-state index contributed by atoms with van der Waals surface area (Å²) < 4.78 is 33.6. The van der Waals surface area contributed by atoms with Gasteiger partial charge in [-0.3, -0.25) is 9.36 Å². The van der Waals surface area contributed by atoms with Gasteiger partial charge in [-0.2, -0.15) is 0 Å². The van der Waals surface area contributed by atoms with Gasteiger partial charge in [0.25, 0.3) is 5.56 Å². The zero-order valence-electron chi connectivity index (χ0n) is 16.1. The topological polar surface area (TPSA) is 44.1 Å². The summed E-state index contributed by atoms with van der Waals surface area (Å²) in [7, 11) is 1.59. The maximum Gasteiger partial charge on any atom is 0.262 e. The Hall–Kier alpha value is -3.19. The Morgan fingerprint density at radius 1 is 0.967 bits per heavy atom. The summed E-state index contributed by atoms with van der Waals surface area (Å²) in [5.41, 5.74) is 1.94. The van der Waals surface area contributed by atoms with Gasteiger partial charge in [0.1, 0.15) is 5.75 Å². The third kappa shape index (κ3) is 4.21. The van der Waals surface area contributed by atoms with E-state index in [0.29, 0.717) is 39.7 Å². The van der Waals surface area contributed by atoms with E-state index >= 15 is 0 Å². The van der Waals surface area contributed by atoms with E-state index in [1.807, 2.05) is 30.3 Å². The highest BCUT2D eigenvalue weighted by atomic mass is 32.2. The van der Waals surface area contributed by atoms with Crippen LogP contribution in [0.3, 0.4) is 0 Å². The van der Waals surface area contributed by atoms with E-state index in [4.69, 9.17) is 4.74 Å². The minimum Gasteiger partial charge on any atom is -0.497 e. The zero-order chi connectivity index (χ0) is 21.1. The van der Waals surface area contributed by atoms with Crippen molar-refractivity contribution < 1.29 is 13.5 Å². The third-order valence-electron chi connectivity index (χ3n) is 4.65. The van der Waals surface area contributed by atoms with Gasteiger partial charge >= 0.3 is 0 Å². The first-order valence-electron chi connectivity index (χ1n) is 9.24. The third-order valence-corrected chi connectivity index (χ3v) is 5.70. The molecule has 0 amide bonds. The van der Waals surface area contributed by atoms with E-state index in [1.54, 1.807) is 29.9 Å². The quantitative estimate of drug-likeness (QED) is 0.322. The Morgan fingerprint density at radius 2 is 1.80 bits per heavy atom. The number of thioether (sulfide) groups is 1. The lowest BCUT2D eigenvalue weighted by atomic mass is 10.2. The standard InChI is InChI=1S/C23H18F2N2O2S/c1-29-17-6-4-5-15(11-17)13-27-22(28)18-7-2-3-8-21(18)26-23(27)30-14-16-9-10-19(24)20(25)12-16/h2-12H,13-14H2,1H3. The number of benzene rings is 3. The summed E-state index contributed by atoms with van der Waals surface area (Å²) in [6.45, 7) is 0.313. The summed E-state index contributed by atoms with van der Waals surface area (Å²) in [6.07, 6.45) is 0. The second-order valence-electron chi connectivity index (χ2n) is 6.69. The fourth-order valence-corrected chi connectivity index (χ4v) is 4.07. The van der Waals surface area contributed by atoms with Gasteiger partial charge in [-0.25, -0.2) is 13.8 Å². The molecule has 0 aliphatic heterocycles. The highest BCUT2D eigenvalue weighted by Crippen LogP contribution is 2.24. The number of hydrogen-bond donors (Lipinski definition) is 0. The zero-order valence-corrected chi connectivity index (χ0v) is 17.0. The second-order valence-corrected chi connectivity index (χ2v) is 7.63. The van der Waals surface area contributed by atoms with Crippen molar-refractivity contribution in [1.82, 2.24) is 9.55 Å². The maximum atomic E-state index is 13.5. The van der Waals surface area contributed by atoms with Crippen molar-refractivity contribution in [3.63, 3.8) is 0 Å². The molecule has 1 aromatic heterocycles. The van der Waals surface area contributed by atoms with Crippen LogP contribution in [0.4, 0.5) is 8.78 Å². The number of rotatable bonds is 6. The van der Waals surface area contributed by atoms with Crippen LogP contribution in [0.1, 0.15) is 11.1 Å². The van der Waals surface area contributed by atoms with Crippen LogP contribution >= 0.6 is 11.8 Å². The smallest absolute Gasteiger partial charge is 0.262 e. The Kier molecular flexibility index (Phi) is 5.81. The average molecular weight is 424 g/mol. The number of para-hydroxylation sites is 1. The molecule has 30 heavy (non-hydrogen) atoms. The van der Waals surface area contributed by atoms with Gasteiger partial charge in [0.15, 0.2) is 16.8 Å². The highest BCUT2D eigenvalue weighted by Gasteiger charge is 2.13. The number of aromatic nitrogens is 2. The number of hydrogen-bond acceptors (Lipinski definition) is 4. The largest absolute Gasteiger partial charge is 0.497 e. The molecule has 152 valence electrons. The van der Waals surface area contributed by atoms with Crippen molar-refractivity contribution in [1.29, 1.82) is 0 Å². The first-order valence-corrected chi connectivity index (χ1v) is 10.2. The van der Waals surface area contributed by atoms with Crippen molar-refractivity contribution in [2.24, 2.45) is 0 Å². The van der Waals surface area contributed by atoms with Crippen molar-refractivity contribution in [2.45, 2.75) is 17.5 Å². The Bertz CT molecular complexity index is 1270. The minimum absolute atomic E-state index is 0.156. The van der Waals surface area contributed by atoms with Gasteiger partial charge in [0.05, 0.1) is 24.6 Å². The Labute approximate surface area is 176 Å². The Balaban J connectivity index is 1.73. The van der Waals surface area contributed by atoms with Crippen molar-refractivity contribution in [2.75, 3.05) is 7.11 Å². The number of nitrogens with zero attached hydrogens (tertiary/aromatic N) is 2. The molecule has 1 heterocycles. The summed E-state index contributed by atoms with van der Waals surface area (Å²) >= 11 is 1.30. The van der Waals surface area contributed by atoms with Crippen LogP contribution < -0.4 is 10.3 Å². The van der Waals surface area contributed by atoms with E-state index in [1.165, 1.54) is 17.8 Å². The molecule has 0 atom stereocenters. The van der Waals surface area contributed by atoms with Crippen LogP contribution in [0.5, 0.6) is 5.75 Å². The van der Waals surface area contributed by atoms with Crippen LogP contribution in [0.2, 0.25) is 0 Å². The molecule has 0 fully saturated rings. The molecule has 4 nitrogen and oxygen atoms in total. The van der Waals surface area contributed by atoms with Crippen molar-refractivity contribution in [3.8, 4) is 5.75 Å². The Morgan fingerprint density at radius 3 is 2.60 bits per heavy atom. The number of fused-ring (bicyclic) bond motifs is 1. The first-order chi connectivity index (χ1) is 14.5. The van der Waals surface area contributed by atoms with E-state index in [0.717, 1.165) is 17.7 Å². The van der Waals surface area contributed by atoms with Gasteiger partial charge in [-0.15, -0.1) is 0 Å². The molecule has 0 saturated carbocycles. The second kappa shape index (κ2) is 8.67. The average Bonchev–Trinajstić information content (AvgIpc) is 2.77. The number of methoxy groups -OCH3 is 1. The maximum absolute atomic E-state index is 13.5. The van der Waals surface area contributed by atoms with Crippen LogP contribution in [0.25, 0.3) is 10.9 Å². The summed E-state index contributed by atoms with van der Waals surface area (Å²) in [4.78, 5) is 17.8. The summed E-state index contributed by atoms with van der Waals surface area (Å²) in [5.74, 6) is -0.735. The van der Waals surface area contributed by atoms with Crippen LogP contribution in [0.15, 0.2) is 76.7 Å².